The number of carboxylic acid groups (broad SMARTS) is 1. The Morgan fingerprint density at radius 2 is 2.00 bits per heavy atom. The fraction of sp³-hybridized carbons (Fsp3) is 0.500. The molecule has 1 aromatic rings. The second-order valence-corrected chi connectivity index (χ2v) is 4.76. The van der Waals surface area contributed by atoms with Gasteiger partial charge in [0.25, 0.3) is 0 Å². The van der Waals surface area contributed by atoms with Gasteiger partial charge in [-0.3, -0.25) is 9.69 Å². The van der Waals surface area contributed by atoms with E-state index in [1.807, 2.05) is 31.2 Å². The van der Waals surface area contributed by atoms with E-state index in [4.69, 9.17) is 4.74 Å². The van der Waals surface area contributed by atoms with Crippen molar-refractivity contribution >= 4 is 5.97 Å². The summed E-state index contributed by atoms with van der Waals surface area (Å²) in [5.74, 6) is -0.0214. The Labute approximate surface area is 108 Å². The number of hydrogen-bond donors (Lipinski definition) is 1. The van der Waals surface area contributed by atoms with Crippen molar-refractivity contribution in [1.82, 2.24) is 4.90 Å². The standard InChI is InChI=1S/C14H21NO3/c1-5-18-12-9-7-6-8-11(12)10-15(4)14(2,3)13(16)17/h6-9H,5,10H2,1-4H3,(H,16,17). The van der Waals surface area contributed by atoms with Gasteiger partial charge in [0.2, 0.25) is 0 Å². The second-order valence-electron chi connectivity index (χ2n) is 4.76. The topological polar surface area (TPSA) is 49.8 Å². The lowest BCUT2D eigenvalue weighted by Gasteiger charge is -2.31. The normalized spacial score (nSPS) is 11.6. The van der Waals surface area contributed by atoms with Gasteiger partial charge in [-0.15, -0.1) is 0 Å². The molecule has 0 heterocycles. The van der Waals surface area contributed by atoms with Crippen molar-refractivity contribution in [3.05, 3.63) is 29.8 Å². The Morgan fingerprint density at radius 3 is 2.56 bits per heavy atom. The van der Waals surface area contributed by atoms with Crippen molar-refractivity contribution in [2.45, 2.75) is 32.9 Å². The minimum atomic E-state index is -0.903. The van der Waals surface area contributed by atoms with E-state index in [0.29, 0.717) is 13.2 Å². The fourth-order valence-corrected chi connectivity index (χ4v) is 1.55. The molecule has 0 unspecified atom stereocenters. The molecule has 0 radical (unpaired) electrons. The Hall–Kier alpha value is -1.55. The lowest BCUT2D eigenvalue weighted by molar-refractivity contribution is -0.148. The maximum Gasteiger partial charge on any atom is 0.323 e. The van der Waals surface area contributed by atoms with Crippen LogP contribution in [0.1, 0.15) is 26.3 Å². The highest BCUT2D eigenvalue weighted by molar-refractivity contribution is 5.77. The summed E-state index contributed by atoms with van der Waals surface area (Å²) in [6.07, 6.45) is 0. The van der Waals surface area contributed by atoms with E-state index in [0.717, 1.165) is 11.3 Å². The van der Waals surface area contributed by atoms with Gasteiger partial charge in [-0.2, -0.15) is 0 Å². The molecular weight excluding hydrogens is 230 g/mol. The number of para-hydroxylation sites is 1. The zero-order valence-corrected chi connectivity index (χ0v) is 11.4. The SMILES string of the molecule is CCOc1ccccc1CN(C)C(C)(C)C(=O)O. The van der Waals surface area contributed by atoms with Gasteiger partial charge in [-0.05, 0) is 33.9 Å². The molecule has 0 aliphatic rings. The lowest BCUT2D eigenvalue weighted by Crippen LogP contribution is -2.47. The Kier molecular flexibility index (Phi) is 4.73. The van der Waals surface area contributed by atoms with Crippen molar-refractivity contribution in [2.24, 2.45) is 0 Å². The zero-order valence-electron chi connectivity index (χ0n) is 11.4. The number of likely N-dealkylation sites (N-methyl/N-ethyl adjacent to an activating group) is 1. The third-order valence-electron chi connectivity index (χ3n) is 3.16. The molecule has 0 bridgehead atoms. The minimum absolute atomic E-state index is 0.537. The number of benzene rings is 1. The minimum Gasteiger partial charge on any atom is -0.494 e. The van der Waals surface area contributed by atoms with E-state index in [-0.39, 0.29) is 0 Å². The maximum absolute atomic E-state index is 11.2. The van der Waals surface area contributed by atoms with Crippen LogP contribution in [0.4, 0.5) is 0 Å². The van der Waals surface area contributed by atoms with E-state index in [1.165, 1.54) is 0 Å². The monoisotopic (exact) mass is 251 g/mol. The first-order chi connectivity index (χ1) is 8.39. The van der Waals surface area contributed by atoms with Gasteiger partial charge in [0.1, 0.15) is 11.3 Å². The molecule has 0 saturated carbocycles. The molecule has 0 fully saturated rings. The average molecular weight is 251 g/mol. The summed E-state index contributed by atoms with van der Waals surface area (Å²) < 4.78 is 5.54. The smallest absolute Gasteiger partial charge is 0.323 e. The Bertz CT molecular complexity index is 415. The number of carbonyl (C=O) groups is 1. The van der Waals surface area contributed by atoms with Crippen molar-refractivity contribution < 1.29 is 14.6 Å². The molecule has 4 heteroatoms. The summed E-state index contributed by atoms with van der Waals surface area (Å²) in [5, 5.41) is 9.19. The first-order valence-electron chi connectivity index (χ1n) is 6.05. The van der Waals surface area contributed by atoms with Crippen LogP contribution in [0.25, 0.3) is 0 Å². The molecule has 100 valence electrons. The first-order valence-corrected chi connectivity index (χ1v) is 6.05. The van der Waals surface area contributed by atoms with Gasteiger partial charge in [-0.1, -0.05) is 18.2 Å². The third kappa shape index (κ3) is 3.23. The van der Waals surface area contributed by atoms with Crippen molar-refractivity contribution in [1.29, 1.82) is 0 Å². The van der Waals surface area contributed by atoms with Crippen LogP contribution in [0.2, 0.25) is 0 Å². The van der Waals surface area contributed by atoms with E-state index in [2.05, 4.69) is 0 Å². The van der Waals surface area contributed by atoms with Gasteiger partial charge in [0, 0.05) is 12.1 Å². The summed E-state index contributed by atoms with van der Waals surface area (Å²) in [7, 11) is 1.80. The molecule has 1 rings (SSSR count). The molecule has 0 atom stereocenters. The molecule has 1 aromatic carbocycles. The second kappa shape index (κ2) is 5.87. The Balaban J connectivity index is 2.88. The third-order valence-corrected chi connectivity index (χ3v) is 3.16. The number of rotatable bonds is 6. The van der Waals surface area contributed by atoms with E-state index in [9.17, 15) is 9.90 Å². The molecule has 0 aliphatic carbocycles. The quantitative estimate of drug-likeness (QED) is 0.843. The van der Waals surface area contributed by atoms with E-state index in [1.54, 1.807) is 25.8 Å². The van der Waals surface area contributed by atoms with Crippen LogP contribution in [0.5, 0.6) is 5.75 Å². The highest BCUT2D eigenvalue weighted by Crippen LogP contribution is 2.23. The molecule has 18 heavy (non-hydrogen) atoms. The first kappa shape index (κ1) is 14.5. The van der Waals surface area contributed by atoms with Crippen molar-refractivity contribution in [2.75, 3.05) is 13.7 Å². The van der Waals surface area contributed by atoms with E-state index >= 15 is 0 Å². The summed E-state index contributed by atoms with van der Waals surface area (Å²) in [6, 6.07) is 7.70. The van der Waals surface area contributed by atoms with Crippen LogP contribution in [0, 0.1) is 0 Å². The predicted molar refractivity (Wildman–Crippen MR) is 70.8 cm³/mol. The number of ether oxygens (including phenoxy) is 1. The van der Waals surface area contributed by atoms with Crippen LogP contribution < -0.4 is 4.74 Å². The van der Waals surface area contributed by atoms with Gasteiger partial charge in [0.05, 0.1) is 6.61 Å². The maximum atomic E-state index is 11.2. The van der Waals surface area contributed by atoms with Crippen LogP contribution in [-0.2, 0) is 11.3 Å². The Morgan fingerprint density at radius 1 is 1.39 bits per heavy atom. The molecule has 0 aliphatic heterocycles. The molecule has 0 aromatic heterocycles. The van der Waals surface area contributed by atoms with Crippen molar-refractivity contribution in [3.63, 3.8) is 0 Å². The molecule has 0 saturated heterocycles. The van der Waals surface area contributed by atoms with Gasteiger partial charge >= 0.3 is 5.97 Å². The van der Waals surface area contributed by atoms with Gasteiger partial charge in [0.15, 0.2) is 0 Å². The molecule has 1 N–H and O–H groups in total. The summed E-state index contributed by atoms with van der Waals surface area (Å²) in [5.41, 5.74) is 0.0930. The number of hydrogen-bond acceptors (Lipinski definition) is 3. The summed E-state index contributed by atoms with van der Waals surface area (Å²) in [6.45, 7) is 6.46. The highest BCUT2D eigenvalue weighted by atomic mass is 16.5. The number of aliphatic carboxylic acids is 1. The van der Waals surface area contributed by atoms with Gasteiger partial charge < -0.3 is 9.84 Å². The largest absolute Gasteiger partial charge is 0.494 e. The molecular formula is C14H21NO3. The lowest BCUT2D eigenvalue weighted by atomic mass is 10.0. The zero-order chi connectivity index (χ0) is 13.8. The highest BCUT2D eigenvalue weighted by Gasteiger charge is 2.32. The van der Waals surface area contributed by atoms with Crippen LogP contribution in [0.15, 0.2) is 24.3 Å². The van der Waals surface area contributed by atoms with Crippen LogP contribution in [-0.4, -0.2) is 35.2 Å². The van der Waals surface area contributed by atoms with Crippen LogP contribution >= 0.6 is 0 Å². The van der Waals surface area contributed by atoms with Crippen LogP contribution in [0.3, 0.4) is 0 Å². The number of carboxylic acids is 1. The molecule has 4 nitrogen and oxygen atoms in total. The predicted octanol–water partition coefficient (Wildman–Crippen LogP) is 2.38. The van der Waals surface area contributed by atoms with Crippen molar-refractivity contribution in [3.8, 4) is 5.75 Å². The average Bonchev–Trinajstić information content (AvgIpc) is 2.31. The summed E-state index contributed by atoms with van der Waals surface area (Å²) >= 11 is 0. The number of nitrogens with zero attached hydrogens (tertiary/aromatic N) is 1. The molecule has 0 amide bonds. The van der Waals surface area contributed by atoms with E-state index < -0.39 is 11.5 Å². The molecule has 0 spiro atoms. The summed E-state index contributed by atoms with van der Waals surface area (Å²) in [4.78, 5) is 13.0. The fourth-order valence-electron chi connectivity index (χ4n) is 1.55. The van der Waals surface area contributed by atoms with Gasteiger partial charge in [-0.25, -0.2) is 0 Å².